The van der Waals surface area contributed by atoms with Crippen molar-refractivity contribution in [1.29, 1.82) is 0 Å². The number of carbonyl (C=O) groups excluding carboxylic acids is 1. The first kappa shape index (κ1) is 14.3. The van der Waals surface area contributed by atoms with E-state index >= 15 is 0 Å². The molecule has 5 nitrogen and oxygen atoms in total. The van der Waals surface area contributed by atoms with Crippen LogP contribution in [0.15, 0.2) is 0 Å². The molecule has 0 aliphatic heterocycles. The highest BCUT2D eigenvalue weighted by Crippen LogP contribution is 1.98. The fourth-order valence-corrected chi connectivity index (χ4v) is 0.893. The van der Waals surface area contributed by atoms with Crippen molar-refractivity contribution in [2.45, 2.75) is 20.0 Å². The number of amides is 1. The molecule has 1 unspecified atom stereocenters. The van der Waals surface area contributed by atoms with Crippen LogP contribution in [0.3, 0.4) is 0 Å². The van der Waals surface area contributed by atoms with Gasteiger partial charge in [-0.3, -0.25) is 4.79 Å². The molecule has 90 valence electrons. The van der Waals surface area contributed by atoms with Crippen molar-refractivity contribution in [1.82, 2.24) is 10.6 Å². The first-order chi connectivity index (χ1) is 7.07. The van der Waals surface area contributed by atoms with Crippen LogP contribution in [-0.2, 0) is 9.53 Å². The Morgan fingerprint density at radius 1 is 1.47 bits per heavy atom. The van der Waals surface area contributed by atoms with E-state index in [1.54, 1.807) is 7.11 Å². The third kappa shape index (κ3) is 8.35. The molecule has 0 bridgehead atoms. The molecule has 0 radical (unpaired) electrons. The molecule has 3 N–H and O–H groups in total. The summed E-state index contributed by atoms with van der Waals surface area (Å²) in [7, 11) is 1.61. The van der Waals surface area contributed by atoms with Crippen molar-refractivity contribution in [3.63, 3.8) is 0 Å². The third-order valence-corrected chi connectivity index (χ3v) is 2.05. The number of ether oxygens (including phenoxy) is 1. The Kier molecular flexibility index (Phi) is 8.27. The van der Waals surface area contributed by atoms with Crippen molar-refractivity contribution in [3.8, 4) is 0 Å². The Hall–Kier alpha value is -0.650. The quantitative estimate of drug-likeness (QED) is 0.474. The van der Waals surface area contributed by atoms with Gasteiger partial charge in [0.2, 0.25) is 5.91 Å². The van der Waals surface area contributed by atoms with Gasteiger partial charge in [-0.05, 0) is 5.92 Å². The maximum absolute atomic E-state index is 11.2. The highest BCUT2D eigenvalue weighted by atomic mass is 16.5. The Labute approximate surface area is 91.2 Å². The first-order valence-corrected chi connectivity index (χ1v) is 5.22. The Balaban J connectivity index is 3.41. The second kappa shape index (κ2) is 8.64. The topological polar surface area (TPSA) is 70.6 Å². The Bertz CT molecular complexity index is 174. The van der Waals surface area contributed by atoms with Gasteiger partial charge in [-0.1, -0.05) is 13.8 Å². The van der Waals surface area contributed by atoms with Crippen LogP contribution in [0.2, 0.25) is 0 Å². The van der Waals surface area contributed by atoms with Crippen molar-refractivity contribution in [2.75, 3.05) is 33.4 Å². The number of carbonyl (C=O) groups is 1. The zero-order valence-electron chi connectivity index (χ0n) is 9.75. The largest absolute Gasteiger partial charge is 0.391 e. The molecule has 0 rings (SSSR count). The molecule has 0 aliphatic carbocycles. The summed E-state index contributed by atoms with van der Waals surface area (Å²) in [6.07, 6.45) is -0.479. The fourth-order valence-electron chi connectivity index (χ4n) is 0.893. The number of aliphatic hydroxyl groups is 1. The van der Waals surface area contributed by atoms with E-state index in [4.69, 9.17) is 4.74 Å². The minimum Gasteiger partial charge on any atom is -0.391 e. The third-order valence-electron chi connectivity index (χ3n) is 2.05. The predicted octanol–water partition coefficient (Wildman–Crippen LogP) is -0.644. The predicted molar refractivity (Wildman–Crippen MR) is 58.6 cm³/mol. The molecule has 0 fully saturated rings. The van der Waals surface area contributed by atoms with E-state index in [0.717, 1.165) is 0 Å². The van der Waals surface area contributed by atoms with Crippen molar-refractivity contribution in [2.24, 2.45) is 5.92 Å². The van der Waals surface area contributed by atoms with Gasteiger partial charge >= 0.3 is 0 Å². The SMILES string of the molecule is COCCNCC(=O)NCC(O)C(C)C. The summed E-state index contributed by atoms with van der Waals surface area (Å²) < 4.78 is 4.82. The van der Waals surface area contributed by atoms with Gasteiger partial charge in [0.1, 0.15) is 0 Å². The highest BCUT2D eigenvalue weighted by Gasteiger charge is 2.09. The van der Waals surface area contributed by atoms with Gasteiger partial charge in [0, 0.05) is 20.2 Å². The number of nitrogens with one attached hydrogen (secondary N) is 2. The molecule has 0 aromatic rings. The van der Waals surface area contributed by atoms with E-state index in [9.17, 15) is 9.90 Å². The lowest BCUT2D eigenvalue weighted by Crippen LogP contribution is -2.40. The summed E-state index contributed by atoms with van der Waals surface area (Å²) in [5.74, 6) is 0.0533. The Morgan fingerprint density at radius 3 is 2.67 bits per heavy atom. The maximum Gasteiger partial charge on any atom is 0.234 e. The van der Waals surface area contributed by atoms with E-state index in [1.807, 2.05) is 13.8 Å². The van der Waals surface area contributed by atoms with Gasteiger partial charge in [0.05, 0.1) is 19.3 Å². The lowest BCUT2D eigenvalue weighted by Gasteiger charge is -2.15. The van der Waals surface area contributed by atoms with E-state index < -0.39 is 6.10 Å². The lowest BCUT2D eigenvalue weighted by atomic mass is 10.1. The molecule has 0 spiro atoms. The summed E-state index contributed by atoms with van der Waals surface area (Å²) >= 11 is 0. The number of rotatable bonds is 8. The standard InChI is InChI=1S/C10H22N2O3/c1-8(2)9(13)6-12-10(14)7-11-4-5-15-3/h8-9,11,13H,4-7H2,1-3H3,(H,12,14). The molecule has 0 saturated carbocycles. The highest BCUT2D eigenvalue weighted by molar-refractivity contribution is 5.77. The molecule has 1 atom stereocenters. The zero-order chi connectivity index (χ0) is 11.7. The number of methoxy groups -OCH3 is 1. The summed E-state index contributed by atoms with van der Waals surface area (Å²) in [6.45, 7) is 5.62. The Morgan fingerprint density at radius 2 is 2.13 bits per heavy atom. The normalized spacial score (nSPS) is 12.9. The summed E-state index contributed by atoms with van der Waals surface area (Å²) in [4.78, 5) is 11.2. The second-order valence-electron chi connectivity index (χ2n) is 3.79. The van der Waals surface area contributed by atoms with Crippen molar-refractivity contribution >= 4 is 5.91 Å². The average molecular weight is 218 g/mol. The van der Waals surface area contributed by atoms with Crippen LogP contribution in [0.5, 0.6) is 0 Å². The number of hydrogen-bond acceptors (Lipinski definition) is 4. The summed E-state index contributed by atoms with van der Waals surface area (Å²) in [6, 6.07) is 0. The van der Waals surface area contributed by atoms with Gasteiger partial charge in [-0.2, -0.15) is 0 Å². The van der Waals surface area contributed by atoms with Crippen LogP contribution >= 0.6 is 0 Å². The van der Waals surface area contributed by atoms with Gasteiger partial charge in [-0.15, -0.1) is 0 Å². The van der Waals surface area contributed by atoms with Crippen LogP contribution in [0, 0.1) is 5.92 Å². The van der Waals surface area contributed by atoms with Crippen LogP contribution in [-0.4, -0.2) is 50.5 Å². The van der Waals surface area contributed by atoms with Crippen LogP contribution < -0.4 is 10.6 Å². The lowest BCUT2D eigenvalue weighted by molar-refractivity contribution is -0.120. The molecule has 0 aromatic heterocycles. The molecule has 0 aromatic carbocycles. The van der Waals surface area contributed by atoms with Crippen LogP contribution in [0.1, 0.15) is 13.8 Å². The summed E-state index contributed by atoms with van der Waals surface area (Å²) in [5.41, 5.74) is 0. The molecule has 15 heavy (non-hydrogen) atoms. The molecular weight excluding hydrogens is 196 g/mol. The van der Waals surface area contributed by atoms with Crippen LogP contribution in [0.4, 0.5) is 0 Å². The number of hydrogen-bond donors (Lipinski definition) is 3. The smallest absolute Gasteiger partial charge is 0.234 e. The fraction of sp³-hybridized carbons (Fsp3) is 0.900. The molecule has 1 amide bonds. The zero-order valence-corrected chi connectivity index (χ0v) is 9.75. The van der Waals surface area contributed by atoms with Crippen LogP contribution in [0.25, 0.3) is 0 Å². The van der Waals surface area contributed by atoms with E-state index in [2.05, 4.69) is 10.6 Å². The minimum absolute atomic E-state index is 0.106. The van der Waals surface area contributed by atoms with Crippen molar-refractivity contribution < 1.29 is 14.6 Å². The first-order valence-electron chi connectivity index (χ1n) is 5.22. The monoisotopic (exact) mass is 218 g/mol. The molecule has 0 saturated heterocycles. The number of aliphatic hydroxyl groups excluding tert-OH is 1. The van der Waals surface area contributed by atoms with E-state index in [1.165, 1.54) is 0 Å². The second-order valence-corrected chi connectivity index (χ2v) is 3.79. The summed E-state index contributed by atoms with van der Waals surface area (Å²) in [5, 5.41) is 15.0. The molecular formula is C10H22N2O3. The minimum atomic E-state index is -0.479. The maximum atomic E-state index is 11.2. The van der Waals surface area contributed by atoms with Gasteiger partial charge in [0.25, 0.3) is 0 Å². The van der Waals surface area contributed by atoms with E-state index in [0.29, 0.717) is 19.7 Å². The molecule has 0 aliphatic rings. The molecule has 5 heteroatoms. The van der Waals surface area contributed by atoms with E-state index in [-0.39, 0.29) is 18.4 Å². The van der Waals surface area contributed by atoms with Gasteiger partial charge < -0.3 is 20.5 Å². The van der Waals surface area contributed by atoms with Gasteiger partial charge in [-0.25, -0.2) is 0 Å². The average Bonchev–Trinajstić information content (AvgIpc) is 2.20. The van der Waals surface area contributed by atoms with Gasteiger partial charge in [0.15, 0.2) is 0 Å². The molecule has 0 heterocycles. The van der Waals surface area contributed by atoms with Crippen molar-refractivity contribution in [3.05, 3.63) is 0 Å².